The van der Waals surface area contributed by atoms with Gasteiger partial charge >= 0.3 is 5.97 Å². The Kier molecular flexibility index (Phi) is 7.83. The van der Waals surface area contributed by atoms with Crippen LogP contribution in [0.5, 0.6) is 0 Å². The molecule has 0 radical (unpaired) electrons. The molecular formula is C19H18Cl2N2O6S. The van der Waals surface area contributed by atoms with Crippen molar-refractivity contribution in [2.75, 3.05) is 31.8 Å². The summed E-state index contributed by atoms with van der Waals surface area (Å²) < 4.78 is 28.2. The number of halogens is 2. The molecule has 0 aromatic heterocycles. The Balaban J connectivity index is 1.94. The summed E-state index contributed by atoms with van der Waals surface area (Å²) in [4.78, 5) is 37.4. The smallest absolute Gasteiger partial charge is 0.340 e. The third-order valence-electron chi connectivity index (χ3n) is 3.87. The highest BCUT2D eigenvalue weighted by Gasteiger charge is 2.20. The summed E-state index contributed by atoms with van der Waals surface area (Å²) in [5, 5.41) is 2.90. The first-order valence-electron chi connectivity index (χ1n) is 8.44. The van der Waals surface area contributed by atoms with Crippen LogP contribution in [-0.2, 0) is 24.2 Å². The zero-order valence-electron chi connectivity index (χ0n) is 16.0. The van der Waals surface area contributed by atoms with Crippen LogP contribution in [0.3, 0.4) is 0 Å². The van der Waals surface area contributed by atoms with E-state index >= 15 is 0 Å². The van der Waals surface area contributed by atoms with E-state index in [9.17, 15) is 22.8 Å². The van der Waals surface area contributed by atoms with Gasteiger partial charge in [-0.3, -0.25) is 9.59 Å². The van der Waals surface area contributed by atoms with Gasteiger partial charge in [0.15, 0.2) is 16.4 Å². The molecule has 0 bridgehead atoms. The number of sulfone groups is 1. The van der Waals surface area contributed by atoms with Crippen molar-refractivity contribution in [2.45, 2.75) is 4.90 Å². The fourth-order valence-corrected chi connectivity index (χ4v) is 3.29. The number of ether oxygens (including phenoxy) is 1. The number of nitrogens with zero attached hydrogens (tertiary/aromatic N) is 1. The van der Waals surface area contributed by atoms with Crippen molar-refractivity contribution in [3.63, 3.8) is 0 Å². The standard InChI is InChI=1S/C19H18Cl2N2O6S/c1-23(10-17(24)22-16-6-4-3-5-15(16)21)18(25)11-29-19(26)13-9-12(30(2,27)28)7-8-14(13)20/h3-9H,10-11H2,1-2H3,(H,22,24). The molecule has 1 N–H and O–H groups in total. The molecule has 2 aromatic rings. The fraction of sp³-hybridized carbons (Fsp3) is 0.211. The van der Waals surface area contributed by atoms with E-state index in [0.29, 0.717) is 10.7 Å². The van der Waals surface area contributed by atoms with E-state index in [1.54, 1.807) is 24.3 Å². The van der Waals surface area contributed by atoms with Crippen LogP contribution in [0.1, 0.15) is 10.4 Å². The number of anilines is 1. The molecule has 0 unspecified atom stereocenters. The van der Waals surface area contributed by atoms with Gasteiger partial charge in [0.25, 0.3) is 5.91 Å². The lowest BCUT2D eigenvalue weighted by Crippen LogP contribution is -2.37. The zero-order chi connectivity index (χ0) is 22.5. The van der Waals surface area contributed by atoms with Gasteiger partial charge in [0.05, 0.1) is 32.7 Å². The number of amides is 2. The SMILES string of the molecule is CN(CC(=O)Nc1ccccc1Cl)C(=O)COC(=O)c1cc(S(C)(=O)=O)ccc1Cl. The summed E-state index contributed by atoms with van der Waals surface area (Å²) in [6.07, 6.45) is 0.984. The van der Waals surface area contributed by atoms with Crippen LogP contribution < -0.4 is 5.32 Å². The van der Waals surface area contributed by atoms with E-state index in [-0.39, 0.29) is 22.0 Å². The number of carbonyl (C=O) groups is 3. The van der Waals surface area contributed by atoms with Gasteiger partial charge in [-0.15, -0.1) is 0 Å². The molecule has 0 saturated heterocycles. The number of benzene rings is 2. The normalized spacial score (nSPS) is 10.9. The van der Waals surface area contributed by atoms with E-state index in [4.69, 9.17) is 27.9 Å². The largest absolute Gasteiger partial charge is 0.452 e. The summed E-state index contributed by atoms with van der Waals surface area (Å²) in [6, 6.07) is 10.2. The second-order valence-electron chi connectivity index (χ2n) is 6.27. The number of para-hydroxylation sites is 1. The molecule has 30 heavy (non-hydrogen) atoms. The summed E-state index contributed by atoms with van der Waals surface area (Å²) in [5.74, 6) is -2.10. The molecule has 0 heterocycles. The predicted molar refractivity (Wildman–Crippen MR) is 113 cm³/mol. The second-order valence-corrected chi connectivity index (χ2v) is 9.10. The molecule has 0 spiro atoms. The highest BCUT2D eigenvalue weighted by Crippen LogP contribution is 2.22. The Morgan fingerprint density at radius 2 is 1.73 bits per heavy atom. The molecule has 2 rings (SSSR count). The zero-order valence-corrected chi connectivity index (χ0v) is 18.3. The number of likely N-dealkylation sites (N-methyl/N-ethyl adjacent to an activating group) is 1. The van der Waals surface area contributed by atoms with Crippen molar-refractivity contribution in [3.05, 3.63) is 58.1 Å². The van der Waals surface area contributed by atoms with Crippen LogP contribution in [-0.4, -0.2) is 57.6 Å². The summed E-state index contributed by atoms with van der Waals surface area (Å²) in [5.41, 5.74) is 0.211. The molecule has 0 atom stereocenters. The molecule has 0 aliphatic heterocycles. The van der Waals surface area contributed by atoms with E-state index < -0.39 is 34.2 Å². The second kappa shape index (κ2) is 9.92. The first kappa shape index (κ1) is 23.7. The highest BCUT2D eigenvalue weighted by molar-refractivity contribution is 7.90. The summed E-state index contributed by atoms with van der Waals surface area (Å²) in [6.45, 7) is -0.958. The van der Waals surface area contributed by atoms with E-state index in [1.165, 1.54) is 19.2 Å². The Morgan fingerprint density at radius 3 is 2.37 bits per heavy atom. The minimum atomic E-state index is -3.56. The molecule has 2 amide bonds. The first-order valence-corrected chi connectivity index (χ1v) is 11.1. The van der Waals surface area contributed by atoms with Crippen molar-refractivity contribution >= 4 is 56.5 Å². The van der Waals surface area contributed by atoms with Crippen molar-refractivity contribution in [1.29, 1.82) is 0 Å². The summed E-state index contributed by atoms with van der Waals surface area (Å²) >= 11 is 11.9. The van der Waals surface area contributed by atoms with Crippen LogP contribution >= 0.6 is 23.2 Å². The van der Waals surface area contributed by atoms with Crippen molar-refractivity contribution in [2.24, 2.45) is 0 Å². The molecule has 160 valence electrons. The van der Waals surface area contributed by atoms with Gasteiger partial charge in [-0.1, -0.05) is 35.3 Å². The third kappa shape index (κ3) is 6.45. The van der Waals surface area contributed by atoms with Gasteiger partial charge in [0, 0.05) is 13.3 Å². The van der Waals surface area contributed by atoms with E-state index in [2.05, 4.69) is 5.32 Å². The average Bonchev–Trinajstić information content (AvgIpc) is 2.67. The molecule has 11 heteroatoms. The molecule has 0 aliphatic carbocycles. The Labute approximate surface area is 183 Å². The van der Waals surface area contributed by atoms with Crippen molar-refractivity contribution < 1.29 is 27.5 Å². The van der Waals surface area contributed by atoms with Crippen LogP contribution in [0, 0.1) is 0 Å². The van der Waals surface area contributed by atoms with Gasteiger partial charge in [0.2, 0.25) is 5.91 Å². The minimum Gasteiger partial charge on any atom is -0.452 e. The molecule has 2 aromatic carbocycles. The van der Waals surface area contributed by atoms with Crippen LogP contribution in [0.25, 0.3) is 0 Å². The Morgan fingerprint density at radius 1 is 1.07 bits per heavy atom. The van der Waals surface area contributed by atoms with Crippen LogP contribution in [0.2, 0.25) is 10.0 Å². The fourth-order valence-electron chi connectivity index (χ4n) is 2.26. The highest BCUT2D eigenvalue weighted by atomic mass is 35.5. The quantitative estimate of drug-likeness (QED) is 0.620. The topological polar surface area (TPSA) is 110 Å². The van der Waals surface area contributed by atoms with Crippen LogP contribution in [0.4, 0.5) is 5.69 Å². The average molecular weight is 473 g/mol. The number of carbonyl (C=O) groups excluding carboxylic acids is 3. The van der Waals surface area contributed by atoms with Crippen molar-refractivity contribution in [3.8, 4) is 0 Å². The number of rotatable bonds is 7. The van der Waals surface area contributed by atoms with Gasteiger partial charge in [-0.05, 0) is 30.3 Å². The predicted octanol–water partition coefficient (Wildman–Crippen LogP) is 2.65. The lowest BCUT2D eigenvalue weighted by Gasteiger charge is -2.17. The molecular weight excluding hydrogens is 455 g/mol. The molecule has 0 aliphatic rings. The third-order valence-corrected chi connectivity index (χ3v) is 5.64. The summed E-state index contributed by atoms with van der Waals surface area (Å²) in [7, 11) is -2.20. The minimum absolute atomic E-state index is 0.0210. The van der Waals surface area contributed by atoms with Gasteiger partial charge < -0.3 is 15.0 Å². The van der Waals surface area contributed by atoms with E-state index in [0.717, 1.165) is 17.2 Å². The Bertz CT molecular complexity index is 1090. The lowest BCUT2D eigenvalue weighted by molar-refractivity contribution is -0.136. The Hall–Kier alpha value is -2.62. The molecule has 0 fully saturated rings. The van der Waals surface area contributed by atoms with E-state index in [1.807, 2.05) is 0 Å². The van der Waals surface area contributed by atoms with Gasteiger partial charge in [-0.25, -0.2) is 13.2 Å². The maximum Gasteiger partial charge on any atom is 0.340 e. The van der Waals surface area contributed by atoms with Crippen LogP contribution in [0.15, 0.2) is 47.4 Å². The van der Waals surface area contributed by atoms with Crippen molar-refractivity contribution in [1.82, 2.24) is 4.90 Å². The number of hydrogen-bond acceptors (Lipinski definition) is 6. The van der Waals surface area contributed by atoms with Gasteiger partial charge in [0.1, 0.15) is 0 Å². The monoisotopic (exact) mass is 472 g/mol. The van der Waals surface area contributed by atoms with Gasteiger partial charge in [-0.2, -0.15) is 0 Å². The number of hydrogen-bond donors (Lipinski definition) is 1. The first-order chi connectivity index (χ1) is 14.0. The maximum atomic E-state index is 12.2. The number of esters is 1. The molecule has 0 saturated carbocycles. The lowest BCUT2D eigenvalue weighted by atomic mass is 10.2. The maximum absolute atomic E-state index is 12.2. The number of nitrogens with one attached hydrogen (secondary N) is 1. The molecule has 8 nitrogen and oxygen atoms in total.